The number of carbonyl (C=O) groups excluding carboxylic acids is 2. The quantitative estimate of drug-likeness (QED) is 0.626. The van der Waals surface area contributed by atoms with Crippen molar-refractivity contribution in [3.05, 3.63) is 57.3 Å². The number of primary sulfonamides is 1. The summed E-state index contributed by atoms with van der Waals surface area (Å²) >= 11 is 8.89. The predicted octanol–water partition coefficient (Wildman–Crippen LogP) is 1.22. The molecule has 0 radical (unpaired) electrons. The van der Waals surface area contributed by atoms with E-state index in [9.17, 15) is 18.0 Å². The highest BCUT2D eigenvalue weighted by Crippen LogP contribution is 2.21. The molecule has 8 nitrogen and oxygen atoms in total. The molecule has 2 rings (SSSR count). The Labute approximate surface area is 150 Å². The second-order valence-electron chi connectivity index (χ2n) is 4.43. The smallest absolute Gasteiger partial charge is 0.267 e. The van der Waals surface area contributed by atoms with Gasteiger partial charge in [0.05, 0.1) is 5.02 Å². The van der Waals surface area contributed by atoms with Gasteiger partial charge in [-0.2, -0.15) is 0 Å². The number of nitrogens with one attached hydrogen (secondary N) is 2. The van der Waals surface area contributed by atoms with Gasteiger partial charge in [-0.3, -0.25) is 20.4 Å². The Kier molecular flexibility index (Phi) is 5.54. The van der Waals surface area contributed by atoms with Gasteiger partial charge in [-0.15, -0.1) is 0 Å². The first kappa shape index (κ1) is 18.3. The summed E-state index contributed by atoms with van der Waals surface area (Å²) in [6.07, 6.45) is 1.42. The lowest BCUT2D eigenvalue weighted by molar-refractivity contribution is 0.0843. The number of pyridine rings is 1. The number of hydrogen-bond acceptors (Lipinski definition) is 5. The summed E-state index contributed by atoms with van der Waals surface area (Å²) in [5.74, 6) is -1.41. The van der Waals surface area contributed by atoms with Crippen LogP contribution in [0.15, 0.2) is 45.9 Å². The number of nitrogens with two attached hydrogens (primary N) is 1. The van der Waals surface area contributed by atoms with Crippen LogP contribution in [-0.4, -0.2) is 25.2 Å². The zero-order chi connectivity index (χ0) is 17.9. The number of amides is 2. The van der Waals surface area contributed by atoms with Gasteiger partial charge >= 0.3 is 0 Å². The molecule has 126 valence electrons. The molecule has 11 heteroatoms. The first-order valence-corrected chi connectivity index (χ1v) is 8.95. The van der Waals surface area contributed by atoms with Crippen molar-refractivity contribution in [2.24, 2.45) is 5.14 Å². The van der Waals surface area contributed by atoms with E-state index in [1.54, 1.807) is 12.1 Å². The number of benzene rings is 1. The van der Waals surface area contributed by atoms with Crippen LogP contribution >= 0.6 is 27.5 Å². The Morgan fingerprint density at radius 2 is 1.83 bits per heavy atom. The van der Waals surface area contributed by atoms with Crippen molar-refractivity contribution in [3.63, 3.8) is 0 Å². The summed E-state index contributed by atoms with van der Waals surface area (Å²) in [5, 5.41) is 4.90. The van der Waals surface area contributed by atoms with Gasteiger partial charge in [-0.05, 0) is 46.3 Å². The minimum absolute atomic E-state index is 0.0520. The van der Waals surface area contributed by atoms with Gasteiger partial charge in [0.25, 0.3) is 11.8 Å². The van der Waals surface area contributed by atoms with Crippen LogP contribution in [0.25, 0.3) is 0 Å². The van der Waals surface area contributed by atoms with Gasteiger partial charge in [0, 0.05) is 16.2 Å². The van der Waals surface area contributed by atoms with Gasteiger partial charge < -0.3 is 0 Å². The van der Waals surface area contributed by atoms with Gasteiger partial charge in [-0.25, -0.2) is 18.5 Å². The maximum Gasteiger partial charge on any atom is 0.289 e. The molecule has 1 aromatic carbocycles. The number of halogens is 2. The van der Waals surface area contributed by atoms with Crippen molar-refractivity contribution in [1.82, 2.24) is 15.8 Å². The zero-order valence-electron chi connectivity index (χ0n) is 11.8. The standard InChI is InChI=1S/C13H10BrClN4O4S/c14-8-2-1-5-17-11(8)13(21)19-18-12(20)7-3-4-9(15)10(6-7)24(16,22)23/h1-6H,(H,18,20)(H,19,21)(H2,16,22,23). The third-order valence-electron chi connectivity index (χ3n) is 2.76. The van der Waals surface area contributed by atoms with Gasteiger partial charge in [0.1, 0.15) is 10.6 Å². The first-order valence-electron chi connectivity index (χ1n) is 6.23. The van der Waals surface area contributed by atoms with E-state index < -0.39 is 26.7 Å². The van der Waals surface area contributed by atoms with Crippen LogP contribution in [0.5, 0.6) is 0 Å². The SMILES string of the molecule is NS(=O)(=O)c1cc(C(=O)NNC(=O)c2ncccc2Br)ccc1Cl. The number of sulfonamides is 1. The second-order valence-corrected chi connectivity index (χ2v) is 7.22. The monoisotopic (exact) mass is 432 g/mol. The molecule has 0 unspecified atom stereocenters. The highest BCUT2D eigenvalue weighted by atomic mass is 79.9. The molecule has 1 heterocycles. The fourth-order valence-corrected chi connectivity index (χ4v) is 3.17. The normalized spacial score (nSPS) is 11.0. The average Bonchev–Trinajstić information content (AvgIpc) is 2.52. The van der Waals surface area contributed by atoms with E-state index in [0.29, 0.717) is 4.47 Å². The average molecular weight is 434 g/mol. The largest absolute Gasteiger partial charge is 0.289 e. The third-order valence-corrected chi connectivity index (χ3v) is 4.80. The van der Waals surface area contributed by atoms with Crippen molar-refractivity contribution < 1.29 is 18.0 Å². The van der Waals surface area contributed by atoms with E-state index in [-0.39, 0.29) is 16.3 Å². The van der Waals surface area contributed by atoms with E-state index in [1.165, 1.54) is 18.3 Å². The number of hydrogen-bond donors (Lipinski definition) is 3. The molecule has 0 bridgehead atoms. The van der Waals surface area contributed by atoms with E-state index >= 15 is 0 Å². The molecule has 4 N–H and O–H groups in total. The van der Waals surface area contributed by atoms with Gasteiger partial charge in [-0.1, -0.05) is 11.6 Å². The molecule has 24 heavy (non-hydrogen) atoms. The molecule has 1 aromatic heterocycles. The van der Waals surface area contributed by atoms with Crippen LogP contribution in [0.1, 0.15) is 20.8 Å². The van der Waals surface area contributed by atoms with E-state index in [2.05, 4.69) is 31.8 Å². The molecule has 2 amide bonds. The number of hydrazine groups is 1. The topological polar surface area (TPSA) is 131 Å². The highest BCUT2D eigenvalue weighted by Gasteiger charge is 2.17. The Morgan fingerprint density at radius 1 is 1.17 bits per heavy atom. The summed E-state index contributed by atoms with van der Waals surface area (Å²) < 4.78 is 23.2. The van der Waals surface area contributed by atoms with Crippen molar-refractivity contribution in [1.29, 1.82) is 0 Å². The van der Waals surface area contributed by atoms with Crippen molar-refractivity contribution in [2.45, 2.75) is 4.90 Å². The molecule has 0 saturated heterocycles. The summed E-state index contributed by atoms with van der Waals surface area (Å²) in [4.78, 5) is 27.4. The van der Waals surface area contributed by atoms with Crippen molar-refractivity contribution in [3.8, 4) is 0 Å². The maximum absolute atomic E-state index is 12.0. The molecule has 0 spiro atoms. The number of rotatable bonds is 3. The lowest BCUT2D eigenvalue weighted by atomic mass is 10.2. The zero-order valence-corrected chi connectivity index (χ0v) is 14.9. The molecule has 0 aliphatic heterocycles. The third kappa shape index (κ3) is 4.29. The molecule has 2 aromatic rings. The lowest BCUT2D eigenvalue weighted by Gasteiger charge is -2.09. The summed E-state index contributed by atoms with van der Waals surface area (Å²) in [6.45, 7) is 0. The fourth-order valence-electron chi connectivity index (χ4n) is 1.66. The lowest BCUT2D eigenvalue weighted by Crippen LogP contribution is -2.42. The van der Waals surface area contributed by atoms with Crippen LogP contribution in [0, 0.1) is 0 Å². The second kappa shape index (κ2) is 7.26. The maximum atomic E-state index is 12.0. The van der Waals surface area contributed by atoms with Crippen LogP contribution < -0.4 is 16.0 Å². The van der Waals surface area contributed by atoms with E-state index in [4.69, 9.17) is 16.7 Å². The molecule has 0 atom stereocenters. The minimum atomic E-state index is -4.08. The molecule has 0 aliphatic rings. The number of carbonyl (C=O) groups is 2. The summed E-state index contributed by atoms with van der Waals surface area (Å²) in [7, 11) is -4.08. The van der Waals surface area contributed by atoms with Crippen LogP contribution in [-0.2, 0) is 10.0 Å². The number of aromatic nitrogens is 1. The Balaban J connectivity index is 2.14. The molecular weight excluding hydrogens is 424 g/mol. The Bertz CT molecular complexity index is 920. The predicted molar refractivity (Wildman–Crippen MR) is 89.7 cm³/mol. The molecule has 0 fully saturated rings. The van der Waals surface area contributed by atoms with Crippen molar-refractivity contribution in [2.75, 3.05) is 0 Å². The van der Waals surface area contributed by atoms with Crippen LogP contribution in [0.4, 0.5) is 0 Å². The van der Waals surface area contributed by atoms with E-state index in [0.717, 1.165) is 6.07 Å². The molecule has 0 saturated carbocycles. The Morgan fingerprint density at radius 3 is 2.46 bits per heavy atom. The van der Waals surface area contributed by atoms with Gasteiger partial charge in [0.15, 0.2) is 0 Å². The molecule has 0 aliphatic carbocycles. The summed E-state index contributed by atoms with van der Waals surface area (Å²) in [5.41, 5.74) is 4.33. The van der Waals surface area contributed by atoms with E-state index in [1.807, 2.05) is 0 Å². The number of nitrogens with zero attached hydrogens (tertiary/aromatic N) is 1. The molecular formula is C13H10BrClN4O4S. The van der Waals surface area contributed by atoms with Crippen molar-refractivity contribution >= 4 is 49.4 Å². The highest BCUT2D eigenvalue weighted by molar-refractivity contribution is 9.10. The summed E-state index contributed by atoms with van der Waals surface area (Å²) in [6, 6.07) is 6.75. The van der Waals surface area contributed by atoms with Gasteiger partial charge in [0.2, 0.25) is 10.0 Å². The van der Waals surface area contributed by atoms with Crippen LogP contribution in [0.2, 0.25) is 5.02 Å². The minimum Gasteiger partial charge on any atom is -0.267 e. The first-order chi connectivity index (χ1) is 11.2. The Hall–Kier alpha value is -2.01. The van der Waals surface area contributed by atoms with Crippen LogP contribution in [0.3, 0.4) is 0 Å². The fraction of sp³-hybridized carbons (Fsp3) is 0.